The van der Waals surface area contributed by atoms with Gasteiger partial charge in [-0.25, -0.2) is 0 Å². The molecule has 1 aliphatic rings. The summed E-state index contributed by atoms with van der Waals surface area (Å²) in [7, 11) is 0. The molecule has 0 spiro atoms. The largest absolute Gasteiger partial charge is 0.365 e. The molecule has 3 rings (SSSR count). The minimum absolute atomic E-state index is 0.215. The Morgan fingerprint density at radius 2 is 1.96 bits per heavy atom. The molecule has 4 nitrogen and oxygen atoms in total. The number of hydrogen-bond donors (Lipinski definition) is 2. The van der Waals surface area contributed by atoms with E-state index >= 15 is 0 Å². The van der Waals surface area contributed by atoms with E-state index in [0.29, 0.717) is 26.5 Å². The highest BCUT2D eigenvalue weighted by molar-refractivity contribution is 9.10. The van der Waals surface area contributed by atoms with Crippen molar-refractivity contribution >= 4 is 44.1 Å². The third-order valence-electron chi connectivity index (χ3n) is 5.08. The minimum atomic E-state index is -0.473. The first-order chi connectivity index (χ1) is 12.2. The zero-order chi connectivity index (χ0) is 19.1. The van der Waals surface area contributed by atoms with E-state index in [0.717, 1.165) is 24.8 Å². The van der Waals surface area contributed by atoms with Crippen molar-refractivity contribution in [1.82, 2.24) is 0 Å². The van der Waals surface area contributed by atoms with Gasteiger partial charge < -0.3 is 11.1 Å². The van der Waals surface area contributed by atoms with Gasteiger partial charge in [0.15, 0.2) is 0 Å². The average molecular weight is 435 g/mol. The number of halogens is 1. The van der Waals surface area contributed by atoms with Crippen LogP contribution in [0.4, 0.5) is 5.00 Å². The Labute approximate surface area is 166 Å². The fourth-order valence-electron chi connectivity index (χ4n) is 3.49. The molecule has 0 aliphatic heterocycles. The van der Waals surface area contributed by atoms with E-state index in [1.54, 1.807) is 6.07 Å². The highest BCUT2D eigenvalue weighted by Crippen LogP contribution is 2.44. The van der Waals surface area contributed by atoms with Crippen molar-refractivity contribution in [3.63, 3.8) is 0 Å². The first-order valence-electron chi connectivity index (χ1n) is 8.68. The Morgan fingerprint density at radius 3 is 2.58 bits per heavy atom. The van der Waals surface area contributed by atoms with E-state index < -0.39 is 5.91 Å². The zero-order valence-corrected chi connectivity index (χ0v) is 17.6. The van der Waals surface area contributed by atoms with Gasteiger partial charge in [-0.3, -0.25) is 9.59 Å². The van der Waals surface area contributed by atoms with Crippen LogP contribution in [0.25, 0.3) is 0 Å². The Bertz CT molecular complexity index is 867. The second-order valence-corrected chi connectivity index (χ2v) is 9.77. The quantitative estimate of drug-likeness (QED) is 0.711. The third-order valence-corrected chi connectivity index (χ3v) is 6.94. The van der Waals surface area contributed by atoms with Gasteiger partial charge in [-0.1, -0.05) is 32.9 Å². The molecule has 0 radical (unpaired) electrons. The molecule has 1 aromatic heterocycles. The SMILES string of the molecule is CC(C)(C)[C@@H]1CCc2c(sc(NC(=O)c3ccccc3Br)c2C(N)=O)C1. The number of carbonyl (C=O) groups is 2. The van der Waals surface area contributed by atoms with Crippen LogP contribution in [-0.4, -0.2) is 11.8 Å². The molecule has 3 N–H and O–H groups in total. The van der Waals surface area contributed by atoms with E-state index in [9.17, 15) is 9.59 Å². The number of benzene rings is 1. The van der Waals surface area contributed by atoms with Crippen molar-refractivity contribution in [1.29, 1.82) is 0 Å². The standard InChI is InChI=1S/C20H23BrN2O2S/c1-20(2,3)11-8-9-13-15(10-11)26-19(16(13)17(22)24)23-18(25)12-6-4-5-7-14(12)21/h4-7,11H,8-10H2,1-3H3,(H2,22,24)(H,23,25)/t11-/m1/s1. The number of thiophene rings is 1. The monoisotopic (exact) mass is 434 g/mol. The average Bonchev–Trinajstić information content (AvgIpc) is 2.91. The van der Waals surface area contributed by atoms with E-state index in [-0.39, 0.29) is 11.3 Å². The number of nitrogens with two attached hydrogens (primary N) is 1. The minimum Gasteiger partial charge on any atom is -0.365 e. The van der Waals surface area contributed by atoms with Gasteiger partial charge in [-0.05, 0) is 64.2 Å². The lowest BCUT2D eigenvalue weighted by Gasteiger charge is -2.33. The van der Waals surface area contributed by atoms with Gasteiger partial charge in [0.25, 0.3) is 11.8 Å². The van der Waals surface area contributed by atoms with E-state index in [1.165, 1.54) is 16.2 Å². The highest BCUT2D eigenvalue weighted by Gasteiger charge is 2.33. The van der Waals surface area contributed by atoms with Gasteiger partial charge in [-0.15, -0.1) is 11.3 Å². The normalized spacial score (nSPS) is 16.8. The van der Waals surface area contributed by atoms with Crippen LogP contribution < -0.4 is 11.1 Å². The van der Waals surface area contributed by atoms with Crippen molar-refractivity contribution in [2.24, 2.45) is 17.1 Å². The maximum absolute atomic E-state index is 12.7. The maximum atomic E-state index is 12.7. The lowest BCUT2D eigenvalue weighted by Crippen LogP contribution is -2.27. The Hall–Kier alpha value is -1.66. The Morgan fingerprint density at radius 1 is 1.27 bits per heavy atom. The van der Waals surface area contributed by atoms with Crippen molar-refractivity contribution in [3.05, 3.63) is 50.3 Å². The van der Waals surface area contributed by atoms with Crippen LogP contribution in [0.15, 0.2) is 28.7 Å². The molecule has 0 saturated heterocycles. The second kappa shape index (κ2) is 7.16. The maximum Gasteiger partial charge on any atom is 0.257 e. The van der Waals surface area contributed by atoms with E-state index in [2.05, 4.69) is 42.0 Å². The molecular formula is C20H23BrN2O2S. The Kier molecular flexibility index (Phi) is 5.26. The number of primary amides is 1. The fourth-order valence-corrected chi connectivity index (χ4v) is 5.28. The number of nitrogens with one attached hydrogen (secondary N) is 1. The van der Waals surface area contributed by atoms with Gasteiger partial charge >= 0.3 is 0 Å². The van der Waals surface area contributed by atoms with Crippen LogP contribution in [0.3, 0.4) is 0 Å². The van der Waals surface area contributed by atoms with Gasteiger partial charge in [0.05, 0.1) is 11.1 Å². The molecule has 138 valence electrons. The number of fused-ring (bicyclic) bond motifs is 1. The summed E-state index contributed by atoms with van der Waals surface area (Å²) in [4.78, 5) is 25.9. The summed E-state index contributed by atoms with van der Waals surface area (Å²) < 4.78 is 0.715. The van der Waals surface area contributed by atoms with Crippen LogP contribution in [0, 0.1) is 11.3 Å². The molecule has 2 amide bonds. The van der Waals surface area contributed by atoms with Crippen molar-refractivity contribution in [2.75, 3.05) is 5.32 Å². The summed E-state index contributed by atoms with van der Waals surface area (Å²) in [6, 6.07) is 7.22. The Balaban J connectivity index is 1.94. The number of anilines is 1. The predicted molar refractivity (Wildman–Crippen MR) is 110 cm³/mol. The number of hydrogen-bond acceptors (Lipinski definition) is 3. The molecule has 0 unspecified atom stereocenters. The smallest absolute Gasteiger partial charge is 0.257 e. The van der Waals surface area contributed by atoms with Crippen molar-refractivity contribution < 1.29 is 9.59 Å². The number of amides is 2. The lowest BCUT2D eigenvalue weighted by molar-refractivity contribution is 0.1000. The molecule has 1 atom stereocenters. The predicted octanol–water partition coefficient (Wildman–Crippen LogP) is 5.01. The van der Waals surface area contributed by atoms with Crippen LogP contribution in [0.2, 0.25) is 0 Å². The summed E-state index contributed by atoms with van der Waals surface area (Å²) in [6.07, 6.45) is 2.79. The zero-order valence-electron chi connectivity index (χ0n) is 15.2. The van der Waals surface area contributed by atoms with Crippen LogP contribution in [0.1, 0.15) is 58.3 Å². The lowest BCUT2D eigenvalue weighted by atomic mass is 9.72. The molecule has 1 aliphatic carbocycles. The van der Waals surface area contributed by atoms with Gasteiger partial charge in [0.2, 0.25) is 0 Å². The third kappa shape index (κ3) is 3.71. The first-order valence-corrected chi connectivity index (χ1v) is 10.3. The number of rotatable bonds is 3. The molecule has 0 bridgehead atoms. The van der Waals surface area contributed by atoms with Crippen LogP contribution in [0.5, 0.6) is 0 Å². The van der Waals surface area contributed by atoms with Gasteiger partial charge in [-0.2, -0.15) is 0 Å². The molecule has 1 aromatic carbocycles. The summed E-state index contributed by atoms with van der Waals surface area (Å²) >= 11 is 4.89. The van der Waals surface area contributed by atoms with E-state index in [4.69, 9.17) is 5.73 Å². The molecule has 0 fully saturated rings. The van der Waals surface area contributed by atoms with Crippen LogP contribution >= 0.6 is 27.3 Å². The highest BCUT2D eigenvalue weighted by atomic mass is 79.9. The molecule has 1 heterocycles. The van der Waals surface area contributed by atoms with Gasteiger partial charge in [0.1, 0.15) is 5.00 Å². The molecule has 26 heavy (non-hydrogen) atoms. The summed E-state index contributed by atoms with van der Waals surface area (Å²) in [6.45, 7) is 6.75. The molecule has 6 heteroatoms. The second-order valence-electron chi connectivity index (χ2n) is 7.81. The van der Waals surface area contributed by atoms with E-state index in [1.807, 2.05) is 18.2 Å². The first kappa shape index (κ1) is 19.1. The molecule has 0 saturated carbocycles. The summed E-state index contributed by atoms with van der Waals surface area (Å²) in [5.74, 6) is -0.161. The van der Waals surface area contributed by atoms with Crippen LogP contribution in [-0.2, 0) is 12.8 Å². The molecular weight excluding hydrogens is 412 g/mol. The molecule has 2 aromatic rings. The van der Waals surface area contributed by atoms with Gasteiger partial charge in [0, 0.05) is 9.35 Å². The number of carbonyl (C=O) groups excluding carboxylic acids is 2. The summed E-state index contributed by atoms with van der Waals surface area (Å²) in [5.41, 5.74) is 7.90. The van der Waals surface area contributed by atoms with Crippen molar-refractivity contribution in [3.8, 4) is 0 Å². The topological polar surface area (TPSA) is 72.2 Å². The summed E-state index contributed by atoms with van der Waals surface area (Å²) in [5, 5.41) is 3.48. The fraction of sp³-hybridized carbons (Fsp3) is 0.400. The van der Waals surface area contributed by atoms with Crippen molar-refractivity contribution in [2.45, 2.75) is 40.0 Å².